The van der Waals surface area contributed by atoms with Crippen molar-refractivity contribution in [3.05, 3.63) is 59.9 Å². The Balaban J connectivity index is 1.65. The first kappa shape index (κ1) is 20.1. The van der Waals surface area contributed by atoms with E-state index >= 15 is 0 Å². The van der Waals surface area contributed by atoms with Crippen molar-refractivity contribution in [3.63, 3.8) is 0 Å². The third-order valence-corrected chi connectivity index (χ3v) is 5.99. The molecule has 2 atom stereocenters. The standard InChI is InChI=1S/C21H23N5O3S/c1-4-29-15-11-9-14(10-12-15)18-19(30-21-24-23-13(2)26(21)25-18)20(27)22-16-7-5-6-8-17(16)28-3/h5-12,18-19,25H,4H2,1-3H3,(H,22,27)/t18-,19+/m1/s1. The van der Waals surface area contributed by atoms with E-state index < -0.39 is 5.25 Å². The molecule has 1 aliphatic rings. The SMILES string of the molecule is CCOc1ccc([C@H]2Nn3c(C)nnc3S[C@@H]2C(=O)Nc2ccccc2OC)cc1. The van der Waals surface area contributed by atoms with Gasteiger partial charge in [0.25, 0.3) is 0 Å². The number of methoxy groups -OCH3 is 1. The Bertz CT molecular complexity index is 1040. The summed E-state index contributed by atoms with van der Waals surface area (Å²) in [6.07, 6.45) is 0. The zero-order valence-corrected chi connectivity index (χ0v) is 17.8. The van der Waals surface area contributed by atoms with Gasteiger partial charge in [0, 0.05) is 0 Å². The molecule has 2 heterocycles. The van der Waals surface area contributed by atoms with E-state index in [-0.39, 0.29) is 11.9 Å². The van der Waals surface area contributed by atoms with Gasteiger partial charge in [-0.1, -0.05) is 36.0 Å². The van der Waals surface area contributed by atoms with Crippen molar-refractivity contribution in [2.24, 2.45) is 0 Å². The molecule has 0 bridgehead atoms. The number of fused-ring (bicyclic) bond motifs is 1. The van der Waals surface area contributed by atoms with Gasteiger partial charge in [0.2, 0.25) is 11.1 Å². The number of ether oxygens (including phenoxy) is 2. The van der Waals surface area contributed by atoms with Crippen molar-refractivity contribution in [1.82, 2.24) is 14.9 Å². The van der Waals surface area contributed by atoms with Crippen LogP contribution in [0.1, 0.15) is 24.4 Å². The summed E-state index contributed by atoms with van der Waals surface area (Å²) in [5, 5.41) is 11.5. The summed E-state index contributed by atoms with van der Waals surface area (Å²) in [6, 6.07) is 14.8. The van der Waals surface area contributed by atoms with Gasteiger partial charge in [-0.15, -0.1) is 10.2 Å². The molecule has 2 aromatic carbocycles. The largest absolute Gasteiger partial charge is 0.495 e. The third-order valence-electron chi connectivity index (χ3n) is 4.77. The maximum atomic E-state index is 13.3. The van der Waals surface area contributed by atoms with Crippen molar-refractivity contribution < 1.29 is 14.3 Å². The molecule has 0 radical (unpaired) electrons. The number of aromatic nitrogens is 3. The van der Waals surface area contributed by atoms with E-state index in [1.165, 1.54) is 11.8 Å². The highest BCUT2D eigenvalue weighted by molar-refractivity contribution is 8.00. The van der Waals surface area contributed by atoms with Crippen LogP contribution >= 0.6 is 11.8 Å². The first-order valence-corrected chi connectivity index (χ1v) is 10.5. The van der Waals surface area contributed by atoms with Gasteiger partial charge in [-0.05, 0) is 43.7 Å². The normalized spacial score (nSPS) is 17.6. The fraction of sp³-hybridized carbons (Fsp3) is 0.286. The zero-order valence-electron chi connectivity index (χ0n) is 17.0. The van der Waals surface area contributed by atoms with Crippen molar-refractivity contribution in [2.45, 2.75) is 30.3 Å². The van der Waals surface area contributed by atoms with Gasteiger partial charge in [0.05, 0.1) is 25.4 Å². The molecule has 30 heavy (non-hydrogen) atoms. The molecule has 9 heteroatoms. The Labute approximate surface area is 179 Å². The summed E-state index contributed by atoms with van der Waals surface area (Å²) in [6.45, 7) is 4.42. The maximum Gasteiger partial charge on any atom is 0.240 e. The van der Waals surface area contributed by atoms with Gasteiger partial charge in [0.1, 0.15) is 22.6 Å². The lowest BCUT2D eigenvalue weighted by molar-refractivity contribution is -0.116. The Morgan fingerprint density at radius 1 is 1.20 bits per heavy atom. The molecule has 0 saturated heterocycles. The predicted molar refractivity (Wildman–Crippen MR) is 116 cm³/mol. The van der Waals surface area contributed by atoms with Gasteiger partial charge < -0.3 is 20.2 Å². The molecule has 1 aromatic heterocycles. The summed E-state index contributed by atoms with van der Waals surface area (Å²) >= 11 is 1.38. The predicted octanol–water partition coefficient (Wildman–Crippen LogP) is 3.39. The van der Waals surface area contributed by atoms with E-state index in [1.807, 2.05) is 67.1 Å². The number of nitrogens with one attached hydrogen (secondary N) is 2. The molecular weight excluding hydrogens is 402 g/mol. The second-order valence-corrected chi connectivity index (χ2v) is 7.81. The van der Waals surface area contributed by atoms with Crippen LogP contribution < -0.4 is 20.2 Å². The number of hydrogen-bond donors (Lipinski definition) is 2. The number of thioether (sulfide) groups is 1. The topological polar surface area (TPSA) is 90.3 Å². The fourth-order valence-electron chi connectivity index (χ4n) is 3.30. The quantitative estimate of drug-likeness (QED) is 0.626. The average Bonchev–Trinajstić information content (AvgIpc) is 3.14. The minimum absolute atomic E-state index is 0.150. The van der Waals surface area contributed by atoms with Crippen molar-refractivity contribution >= 4 is 23.4 Å². The number of nitrogens with zero attached hydrogens (tertiary/aromatic N) is 3. The monoisotopic (exact) mass is 425 g/mol. The summed E-state index contributed by atoms with van der Waals surface area (Å²) in [7, 11) is 1.58. The molecule has 8 nitrogen and oxygen atoms in total. The minimum atomic E-state index is -0.469. The molecule has 1 aliphatic heterocycles. The molecular formula is C21H23N5O3S. The van der Waals surface area contributed by atoms with Crippen LogP contribution in [0.4, 0.5) is 5.69 Å². The fourth-order valence-corrected chi connectivity index (χ4v) is 4.43. The molecule has 0 fully saturated rings. The van der Waals surface area contributed by atoms with Gasteiger partial charge in [0.15, 0.2) is 0 Å². The lowest BCUT2D eigenvalue weighted by Gasteiger charge is -2.32. The van der Waals surface area contributed by atoms with Crippen molar-refractivity contribution in [1.29, 1.82) is 0 Å². The molecule has 1 amide bonds. The molecule has 156 valence electrons. The lowest BCUT2D eigenvalue weighted by Crippen LogP contribution is -2.41. The van der Waals surface area contributed by atoms with Crippen LogP contribution in [-0.4, -0.2) is 39.7 Å². The number of carbonyl (C=O) groups is 1. The summed E-state index contributed by atoms with van der Waals surface area (Å²) in [5.74, 6) is 1.98. The van der Waals surface area contributed by atoms with Crippen LogP contribution in [-0.2, 0) is 4.79 Å². The first-order chi connectivity index (χ1) is 14.6. The Morgan fingerprint density at radius 2 is 1.97 bits per heavy atom. The molecule has 2 N–H and O–H groups in total. The van der Waals surface area contributed by atoms with Crippen molar-refractivity contribution in [3.8, 4) is 11.5 Å². The van der Waals surface area contributed by atoms with Gasteiger partial charge in [-0.2, -0.15) is 0 Å². The minimum Gasteiger partial charge on any atom is -0.495 e. The van der Waals surface area contributed by atoms with Crippen LogP contribution in [0.25, 0.3) is 0 Å². The highest BCUT2D eigenvalue weighted by atomic mass is 32.2. The van der Waals surface area contributed by atoms with Crippen LogP contribution in [0.15, 0.2) is 53.7 Å². The van der Waals surface area contributed by atoms with Gasteiger partial charge >= 0.3 is 0 Å². The van der Waals surface area contributed by atoms with Crippen LogP contribution in [0, 0.1) is 6.92 Å². The summed E-state index contributed by atoms with van der Waals surface area (Å²) in [5.41, 5.74) is 4.98. The molecule has 0 spiro atoms. The van der Waals surface area contributed by atoms with E-state index in [9.17, 15) is 4.79 Å². The number of para-hydroxylation sites is 2. The zero-order chi connectivity index (χ0) is 21.1. The van der Waals surface area contributed by atoms with E-state index in [2.05, 4.69) is 20.9 Å². The number of benzene rings is 2. The Kier molecular flexibility index (Phi) is 5.80. The third kappa shape index (κ3) is 3.93. The maximum absolute atomic E-state index is 13.3. The van der Waals surface area contributed by atoms with Gasteiger partial charge in [-0.3, -0.25) is 4.79 Å². The first-order valence-electron chi connectivity index (χ1n) is 9.62. The Morgan fingerprint density at radius 3 is 2.70 bits per heavy atom. The Hall–Kier alpha value is -3.20. The molecule has 3 aromatic rings. The second-order valence-electron chi connectivity index (χ2n) is 6.70. The number of rotatable bonds is 6. The summed E-state index contributed by atoms with van der Waals surface area (Å²) < 4.78 is 12.7. The van der Waals surface area contributed by atoms with E-state index in [0.29, 0.717) is 23.2 Å². The van der Waals surface area contributed by atoms with Crippen molar-refractivity contribution in [2.75, 3.05) is 24.5 Å². The van der Waals surface area contributed by atoms with Crippen LogP contribution in [0.3, 0.4) is 0 Å². The number of anilines is 1. The highest BCUT2D eigenvalue weighted by Crippen LogP contribution is 2.38. The van der Waals surface area contributed by atoms with Gasteiger partial charge in [-0.25, -0.2) is 4.68 Å². The second kappa shape index (κ2) is 8.66. The average molecular weight is 426 g/mol. The van der Waals surface area contributed by atoms with E-state index in [0.717, 1.165) is 17.1 Å². The smallest absolute Gasteiger partial charge is 0.240 e. The van der Waals surface area contributed by atoms with E-state index in [4.69, 9.17) is 9.47 Å². The van der Waals surface area contributed by atoms with Crippen LogP contribution in [0.5, 0.6) is 11.5 Å². The molecule has 0 unspecified atom stereocenters. The summed E-state index contributed by atoms with van der Waals surface area (Å²) in [4.78, 5) is 13.3. The molecule has 0 aliphatic carbocycles. The van der Waals surface area contributed by atoms with E-state index in [1.54, 1.807) is 7.11 Å². The van der Waals surface area contributed by atoms with Crippen LogP contribution in [0.2, 0.25) is 0 Å². The highest BCUT2D eigenvalue weighted by Gasteiger charge is 2.37. The number of carbonyl (C=O) groups excluding carboxylic acids is 1. The molecule has 4 rings (SSSR count). The molecule has 0 saturated carbocycles. The number of amides is 1. The number of hydrogen-bond acceptors (Lipinski definition) is 7. The lowest BCUT2D eigenvalue weighted by atomic mass is 10.0. The number of aryl methyl sites for hydroxylation is 1.